The fraction of sp³-hybridized carbons (Fsp3) is 0.625. The van der Waals surface area contributed by atoms with E-state index in [0.29, 0.717) is 17.9 Å². The number of aromatic nitrogens is 1. The van der Waals surface area contributed by atoms with Gasteiger partial charge in [-0.3, -0.25) is 0 Å². The van der Waals surface area contributed by atoms with Crippen LogP contribution in [0.4, 0.5) is 6.01 Å². The van der Waals surface area contributed by atoms with E-state index in [0.717, 1.165) is 5.69 Å². The molecule has 1 heterocycles. The minimum atomic E-state index is 0.419. The molecule has 0 aromatic carbocycles. The van der Waals surface area contributed by atoms with E-state index >= 15 is 0 Å². The Kier molecular flexibility index (Phi) is 1.97. The number of rotatable bonds is 3. The normalized spacial score (nSPS) is 16.5. The molecule has 1 aromatic heterocycles. The van der Waals surface area contributed by atoms with E-state index < -0.39 is 0 Å². The highest BCUT2D eigenvalue weighted by Gasteiger charge is 2.28. The van der Waals surface area contributed by atoms with Crippen molar-refractivity contribution in [2.24, 2.45) is 0 Å². The van der Waals surface area contributed by atoms with Gasteiger partial charge in [-0.2, -0.15) is 4.98 Å². The van der Waals surface area contributed by atoms with Crippen molar-refractivity contribution in [2.75, 3.05) is 11.9 Å². The lowest BCUT2D eigenvalue weighted by molar-refractivity contribution is 0.543. The van der Waals surface area contributed by atoms with Gasteiger partial charge in [0.05, 0.1) is 11.6 Å². The van der Waals surface area contributed by atoms with Gasteiger partial charge < -0.3 is 9.32 Å². The molecule has 66 valence electrons. The van der Waals surface area contributed by atoms with Gasteiger partial charge in [0.25, 0.3) is 6.01 Å². The van der Waals surface area contributed by atoms with E-state index in [-0.39, 0.29) is 0 Å². The third-order valence-corrected chi connectivity index (χ3v) is 2.35. The minimum Gasteiger partial charge on any atom is -0.432 e. The van der Waals surface area contributed by atoms with E-state index in [1.807, 2.05) is 7.05 Å². The Labute approximate surface area is 76.3 Å². The van der Waals surface area contributed by atoms with Crippen molar-refractivity contribution in [3.05, 3.63) is 12.0 Å². The first-order chi connectivity index (χ1) is 5.81. The predicted molar refractivity (Wildman–Crippen MR) is 47.5 cm³/mol. The van der Waals surface area contributed by atoms with Crippen LogP contribution in [0, 0.1) is 0 Å². The lowest BCUT2D eigenvalue weighted by Crippen LogP contribution is -2.19. The van der Waals surface area contributed by atoms with Gasteiger partial charge in [0.1, 0.15) is 6.26 Å². The Hall–Kier alpha value is -0.700. The molecular weight excluding hydrogens is 176 g/mol. The predicted octanol–water partition coefficient (Wildman–Crippen LogP) is 2.01. The van der Waals surface area contributed by atoms with Gasteiger partial charge in [-0.1, -0.05) is 0 Å². The number of nitrogens with zero attached hydrogens (tertiary/aromatic N) is 2. The first-order valence-electron chi connectivity index (χ1n) is 4.04. The first-order valence-corrected chi connectivity index (χ1v) is 4.58. The van der Waals surface area contributed by atoms with E-state index in [4.69, 9.17) is 16.0 Å². The molecule has 1 saturated carbocycles. The van der Waals surface area contributed by atoms with Crippen molar-refractivity contribution >= 4 is 17.6 Å². The summed E-state index contributed by atoms with van der Waals surface area (Å²) in [6.45, 7) is 0. The summed E-state index contributed by atoms with van der Waals surface area (Å²) < 4.78 is 5.25. The van der Waals surface area contributed by atoms with Crippen LogP contribution >= 0.6 is 11.6 Å². The van der Waals surface area contributed by atoms with E-state index in [1.54, 1.807) is 6.26 Å². The van der Waals surface area contributed by atoms with Gasteiger partial charge >= 0.3 is 0 Å². The molecule has 0 N–H and O–H groups in total. The third kappa shape index (κ3) is 1.41. The summed E-state index contributed by atoms with van der Waals surface area (Å²) in [5, 5.41) is 0. The quantitative estimate of drug-likeness (QED) is 0.677. The molecule has 3 nitrogen and oxygen atoms in total. The minimum absolute atomic E-state index is 0.419. The molecule has 0 atom stereocenters. The molecule has 2 rings (SSSR count). The number of anilines is 1. The molecule has 0 aliphatic heterocycles. The van der Waals surface area contributed by atoms with Crippen molar-refractivity contribution in [3.63, 3.8) is 0 Å². The Balaban J connectivity index is 2.10. The molecule has 0 bridgehead atoms. The molecule has 12 heavy (non-hydrogen) atoms. The van der Waals surface area contributed by atoms with Crippen LogP contribution in [0.2, 0.25) is 0 Å². The fourth-order valence-electron chi connectivity index (χ4n) is 1.14. The van der Waals surface area contributed by atoms with Gasteiger partial charge in [0.15, 0.2) is 0 Å². The Morgan fingerprint density at radius 2 is 2.50 bits per heavy atom. The van der Waals surface area contributed by atoms with Crippen LogP contribution in [0.25, 0.3) is 0 Å². The maximum atomic E-state index is 5.60. The van der Waals surface area contributed by atoms with Crippen molar-refractivity contribution in [3.8, 4) is 0 Å². The maximum Gasteiger partial charge on any atom is 0.297 e. The Morgan fingerprint density at radius 1 is 1.75 bits per heavy atom. The molecule has 4 heteroatoms. The van der Waals surface area contributed by atoms with Gasteiger partial charge in [0, 0.05) is 13.1 Å². The van der Waals surface area contributed by atoms with Crippen molar-refractivity contribution < 1.29 is 4.42 Å². The largest absolute Gasteiger partial charge is 0.432 e. The van der Waals surface area contributed by atoms with Gasteiger partial charge in [-0.25, -0.2) is 0 Å². The molecule has 0 spiro atoms. The second-order valence-corrected chi connectivity index (χ2v) is 3.36. The second-order valence-electron chi connectivity index (χ2n) is 3.10. The van der Waals surface area contributed by atoms with Crippen molar-refractivity contribution in [1.29, 1.82) is 0 Å². The average Bonchev–Trinajstić information content (AvgIpc) is 2.82. The zero-order chi connectivity index (χ0) is 8.55. The average molecular weight is 187 g/mol. The first kappa shape index (κ1) is 7.92. The molecule has 0 radical (unpaired) electrons. The second kappa shape index (κ2) is 2.98. The molecule has 1 aromatic rings. The number of oxazole rings is 1. The van der Waals surface area contributed by atoms with Crippen LogP contribution in [-0.4, -0.2) is 18.1 Å². The number of hydrogen-bond acceptors (Lipinski definition) is 3. The summed E-state index contributed by atoms with van der Waals surface area (Å²) >= 11 is 5.60. The highest BCUT2D eigenvalue weighted by molar-refractivity contribution is 6.16. The summed E-state index contributed by atoms with van der Waals surface area (Å²) in [6, 6.07) is 1.32. The summed E-state index contributed by atoms with van der Waals surface area (Å²) in [7, 11) is 2.00. The summed E-state index contributed by atoms with van der Waals surface area (Å²) in [5.41, 5.74) is 0.805. The SMILES string of the molecule is CN(c1nc(CCl)co1)C1CC1. The van der Waals surface area contributed by atoms with Crippen LogP contribution in [-0.2, 0) is 5.88 Å². The van der Waals surface area contributed by atoms with Crippen LogP contribution in [0.5, 0.6) is 0 Å². The summed E-state index contributed by atoms with van der Waals surface area (Å²) in [6.07, 6.45) is 4.10. The zero-order valence-electron chi connectivity index (χ0n) is 6.96. The Morgan fingerprint density at radius 3 is 3.00 bits per heavy atom. The Bertz CT molecular complexity index is 270. The van der Waals surface area contributed by atoms with Crippen LogP contribution < -0.4 is 4.90 Å². The summed E-state index contributed by atoms with van der Waals surface area (Å²) in [4.78, 5) is 6.28. The standard InChI is InChI=1S/C8H11ClN2O/c1-11(7-2-3-7)8-10-6(4-9)5-12-8/h5,7H,2-4H2,1H3. The van der Waals surface area contributed by atoms with Gasteiger partial charge in [0.2, 0.25) is 0 Å². The molecule has 1 fully saturated rings. The van der Waals surface area contributed by atoms with Gasteiger partial charge in [-0.15, -0.1) is 11.6 Å². The fourth-order valence-corrected chi connectivity index (χ4v) is 1.26. The van der Waals surface area contributed by atoms with Crippen molar-refractivity contribution in [1.82, 2.24) is 4.98 Å². The van der Waals surface area contributed by atoms with Gasteiger partial charge in [-0.05, 0) is 12.8 Å². The highest BCUT2D eigenvalue weighted by atomic mass is 35.5. The summed E-state index contributed by atoms with van der Waals surface area (Å²) in [5.74, 6) is 0.419. The maximum absolute atomic E-state index is 5.60. The lowest BCUT2D eigenvalue weighted by Gasteiger charge is -2.11. The molecule has 1 aliphatic rings. The number of alkyl halides is 1. The molecule has 1 aliphatic carbocycles. The van der Waals surface area contributed by atoms with Crippen LogP contribution in [0.3, 0.4) is 0 Å². The monoisotopic (exact) mass is 186 g/mol. The molecule has 0 saturated heterocycles. The van der Waals surface area contributed by atoms with Crippen LogP contribution in [0.15, 0.2) is 10.7 Å². The van der Waals surface area contributed by atoms with Crippen LogP contribution in [0.1, 0.15) is 18.5 Å². The van der Waals surface area contributed by atoms with Crippen molar-refractivity contribution in [2.45, 2.75) is 24.8 Å². The number of halogens is 1. The molecule has 0 amide bonds. The number of hydrogen-bond donors (Lipinski definition) is 0. The lowest BCUT2D eigenvalue weighted by atomic mass is 10.6. The van der Waals surface area contributed by atoms with E-state index in [1.165, 1.54) is 12.8 Å². The molecular formula is C8H11ClN2O. The topological polar surface area (TPSA) is 29.3 Å². The van der Waals surface area contributed by atoms with E-state index in [2.05, 4.69) is 9.88 Å². The van der Waals surface area contributed by atoms with E-state index in [9.17, 15) is 0 Å². The highest BCUT2D eigenvalue weighted by Crippen LogP contribution is 2.29. The zero-order valence-corrected chi connectivity index (χ0v) is 7.71. The smallest absolute Gasteiger partial charge is 0.297 e. The molecule has 0 unspecified atom stereocenters. The third-order valence-electron chi connectivity index (χ3n) is 2.07.